The van der Waals surface area contributed by atoms with E-state index in [-0.39, 0.29) is 18.4 Å². The Labute approximate surface area is 181 Å². The van der Waals surface area contributed by atoms with E-state index >= 15 is 0 Å². The zero-order valence-electron chi connectivity index (χ0n) is 17.1. The highest BCUT2D eigenvalue weighted by Gasteiger charge is 2.25. The van der Waals surface area contributed by atoms with Crippen molar-refractivity contribution in [2.24, 2.45) is 0 Å². The summed E-state index contributed by atoms with van der Waals surface area (Å²) in [7, 11) is 2.06. The number of amides is 2. The van der Waals surface area contributed by atoms with Crippen LogP contribution >= 0.6 is 11.6 Å². The second-order valence-corrected chi connectivity index (χ2v) is 7.94. The van der Waals surface area contributed by atoms with Gasteiger partial charge in [-0.1, -0.05) is 29.8 Å². The van der Waals surface area contributed by atoms with Gasteiger partial charge in [0.2, 0.25) is 0 Å². The number of aryl methyl sites for hydroxylation is 1. The third-order valence-electron chi connectivity index (χ3n) is 5.33. The molecule has 6 nitrogen and oxygen atoms in total. The van der Waals surface area contributed by atoms with Crippen LogP contribution in [0.3, 0.4) is 0 Å². The van der Waals surface area contributed by atoms with Gasteiger partial charge in [-0.3, -0.25) is 14.5 Å². The first-order chi connectivity index (χ1) is 14.3. The molecule has 0 bridgehead atoms. The van der Waals surface area contributed by atoms with E-state index in [2.05, 4.69) is 27.5 Å². The zero-order chi connectivity index (χ0) is 21.7. The van der Waals surface area contributed by atoms with Crippen LogP contribution in [0.2, 0.25) is 5.02 Å². The van der Waals surface area contributed by atoms with Gasteiger partial charge in [-0.05, 0) is 49.4 Å². The monoisotopic (exact) mass is 432 g/mol. The molecule has 30 heavy (non-hydrogen) atoms. The molecule has 2 aromatic rings. The summed E-state index contributed by atoms with van der Waals surface area (Å²) >= 11 is 6.07. The number of carbonyl (C=O) groups is 2. The fraction of sp³-hybridized carbons (Fsp3) is 0.364. The SMILES string of the molecule is Cc1ccc(NC(=O)C(=O)NCC(c2ccc(F)cc2)N2CCN(C)CC2)cc1Cl. The minimum atomic E-state index is -0.758. The number of anilines is 1. The van der Waals surface area contributed by atoms with Crippen molar-refractivity contribution in [1.29, 1.82) is 0 Å². The van der Waals surface area contributed by atoms with E-state index < -0.39 is 11.8 Å². The van der Waals surface area contributed by atoms with E-state index in [0.29, 0.717) is 10.7 Å². The highest BCUT2D eigenvalue weighted by Crippen LogP contribution is 2.22. The standard InChI is InChI=1S/C22H26ClFN4O2/c1-15-3-8-18(13-19(15)23)26-22(30)21(29)25-14-20(16-4-6-17(24)7-5-16)28-11-9-27(2)10-12-28/h3-8,13,20H,9-12,14H2,1-2H3,(H,25,29)(H,26,30). The van der Waals surface area contributed by atoms with Crippen molar-refractivity contribution in [3.63, 3.8) is 0 Å². The molecule has 3 rings (SSSR count). The van der Waals surface area contributed by atoms with E-state index in [1.807, 2.05) is 6.92 Å². The van der Waals surface area contributed by atoms with E-state index in [0.717, 1.165) is 37.3 Å². The lowest BCUT2D eigenvalue weighted by Gasteiger charge is -2.38. The minimum Gasteiger partial charge on any atom is -0.346 e. The van der Waals surface area contributed by atoms with Crippen LogP contribution in [0.25, 0.3) is 0 Å². The van der Waals surface area contributed by atoms with Crippen LogP contribution < -0.4 is 10.6 Å². The maximum Gasteiger partial charge on any atom is 0.313 e. The minimum absolute atomic E-state index is 0.148. The Morgan fingerprint density at radius 3 is 2.37 bits per heavy atom. The Kier molecular flexibility index (Phi) is 7.42. The van der Waals surface area contributed by atoms with Crippen molar-refractivity contribution in [2.75, 3.05) is 45.1 Å². The normalized spacial score (nSPS) is 16.1. The van der Waals surface area contributed by atoms with Crippen molar-refractivity contribution < 1.29 is 14.0 Å². The Balaban J connectivity index is 1.65. The number of nitrogens with one attached hydrogen (secondary N) is 2. The lowest BCUT2D eigenvalue weighted by molar-refractivity contribution is -0.136. The predicted molar refractivity (Wildman–Crippen MR) is 116 cm³/mol. The quantitative estimate of drug-likeness (QED) is 0.713. The summed E-state index contributed by atoms with van der Waals surface area (Å²) in [6.45, 7) is 5.55. The molecule has 1 heterocycles. The highest BCUT2D eigenvalue weighted by atomic mass is 35.5. The summed E-state index contributed by atoms with van der Waals surface area (Å²) < 4.78 is 13.4. The number of rotatable bonds is 5. The van der Waals surface area contributed by atoms with E-state index in [9.17, 15) is 14.0 Å². The van der Waals surface area contributed by atoms with Crippen LogP contribution in [-0.2, 0) is 9.59 Å². The van der Waals surface area contributed by atoms with Gasteiger partial charge in [-0.2, -0.15) is 0 Å². The molecule has 1 aliphatic rings. The van der Waals surface area contributed by atoms with Crippen LogP contribution in [0, 0.1) is 12.7 Å². The van der Waals surface area contributed by atoms with Gasteiger partial charge >= 0.3 is 11.8 Å². The Bertz CT molecular complexity index is 899. The van der Waals surface area contributed by atoms with Gasteiger partial charge in [0.25, 0.3) is 0 Å². The molecular weight excluding hydrogens is 407 g/mol. The Morgan fingerprint density at radius 2 is 1.73 bits per heavy atom. The van der Waals surface area contributed by atoms with Crippen LogP contribution in [-0.4, -0.2) is 61.4 Å². The van der Waals surface area contributed by atoms with Gasteiger partial charge < -0.3 is 15.5 Å². The molecule has 1 fully saturated rings. The average molecular weight is 433 g/mol. The summed E-state index contributed by atoms with van der Waals surface area (Å²) in [5, 5.41) is 5.79. The van der Waals surface area contributed by atoms with Gasteiger partial charge in [-0.25, -0.2) is 4.39 Å². The fourth-order valence-corrected chi connectivity index (χ4v) is 3.58. The summed E-state index contributed by atoms with van der Waals surface area (Å²) in [5.74, 6) is -1.80. The van der Waals surface area contributed by atoms with Crippen LogP contribution in [0.4, 0.5) is 10.1 Å². The summed E-state index contributed by atoms with van der Waals surface area (Å²) in [6, 6.07) is 11.2. The number of carbonyl (C=O) groups excluding carboxylic acids is 2. The summed E-state index contributed by atoms with van der Waals surface area (Å²) in [5.41, 5.74) is 2.24. The molecule has 2 amide bonds. The van der Waals surface area contributed by atoms with Gasteiger partial charge in [0, 0.05) is 43.4 Å². The molecule has 0 spiro atoms. The van der Waals surface area contributed by atoms with Crippen molar-refractivity contribution >= 4 is 29.1 Å². The van der Waals surface area contributed by atoms with E-state index in [1.165, 1.54) is 12.1 Å². The van der Waals surface area contributed by atoms with Crippen molar-refractivity contribution in [3.05, 3.63) is 64.4 Å². The van der Waals surface area contributed by atoms with Crippen LogP contribution in [0.1, 0.15) is 17.2 Å². The number of nitrogens with zero attached hydrogens (tertiary/aromatic N) is 2. The lowest BCUT2D eigenvalue weighted by Crippen LogP contribution is -2.49. The fourth-order valence-electron chi connectivity index (χ4n) is 3.40. The number of halogens is 2. The Hall–Kier alpha value is -2.48. The second-order valence-electron chi connectivity index (χ2n) is 7.53. The van der Waals surface area contributed by atoms with Gasteiger partial charge in [0.15, 0.2) is 0 Å². The molecule has 1 saturated heterocycles. The molecule has 160 valence electrons. The molecule has 0 aromatic heterocycles. The second kappa shape index (κ2) is 10.0. The molecule has 1 atom stereocenters. The molecular formula is C22H26ClFN4O2. The average Bonchev–Trinajstić information content (AvgIpc) is 2.73. The number of piperazine rings is 1. The maximum atomic E-state index is 13.4. The lowest BCUT2D eigenvalue weighted by atomic mass is 10.0. The number of benzene rings is 2. The van der Waals surface area contributed by atoms with Crippen LogP contribution in [0.15, 0.2) is 42.5 Å². The highest BCUT2D eigenvalue weighted by molar-refractivity contribution is 6.39. The van der Waals surface area contributed by atoms with Crippen molar-refractivity contribution in [2.45, 2.75) is 13.0 Å². The first kappa shape index (κ1) is 22.2. The molecule has 1 unspecified atom stereocenters. The zero-order valence-corrected chi connectivity index (χ0v) is 17.9. The molecule has 2 N–H and O–H groups in total. The molecule has 0 radical (unpaired) electrons. The van der Waals surface area contributed by atoms with Crippen LogP contribution in [0.5, 0.6) is 0 Å². The van der Waals surface area contributed by atoms with Gasteiger partial charge in [0.05, 0.1) is 6.04 Å². The largest absolute Gasteiger partial charge is 0.346 e. The summed E-state index contributed by atoms with van der Waals surface area (Å²) in [6.07, 6.45) is 0. The maximum absolute atomic E-state index is 13.4. The third kappa shape index (κ3) is 5.78. The smallest absolute Gasteiger partial charge is 0.313 e. The number of hydrogen-bond acceptors (Lipinski definition) is 4. The van der Waals surface area contributed by atoms with Crippen molar-refractivity contribution in [3.8, 4) is 0 Å². The van der Waals surface area contributed by atoms with Gasteiger partial charge in [-0.15, -0.1) is 0 Å². The third-order valence-corrected chi connectivity index (χ3v) is 5.73. The molecule has 8 heteroatoms. The van der Waals surface area contributed by atoms with E-state index in [4.69, 9.17) is 11.6 Å². The summed E-state index contributed by atoms with van der Waals surface area (Å²) in [4.78, 5) is 29.1. The first-order valence-electron chi connectivity index (χ1n) is 9.87. The molecule has 0 aliphatic carbocycles. The number of likely N-dealkylation sites (N-methyl/N-ethyl adjacent to an activating group) is 1. The Morgan fingerprint density at radius 1 is 1.07 bits per heavy atom. The predicted octanol–water partition coefficient (Wildman–Crippen LogP) is 2.83. The van der Waals surface area contributed by atoms with Crippen molar-refractivity contribution in [1.82, 2.24) is 15.1 Å². The first-order valence-corrected chi connectivity index (χ1v) is 10.2. The topological polar surface area (TPSA) is 64.7 Å². The molecule has 2 aromatic carbocycles. The molecule has 0 saturated carbocycles. The van der Waals surface area contributed by atoms with Gasteiger partial charge in [0.1, 0.15) is 5.82 Å². The van der Waals surface area contributed by atoms with E-state index in [1.54, 1.807) is 30.3 Å². The number of hydrogen-bond donors (Lipinski definition) is 2. The molecule has 1 aliphatic heterocycles.